The number of hydrogen-bond acceptors (Lipinski definition) is 3. The SMILES string of the molecule is O=C(NCc1ccco1)c1cc(-c2ccc(F)cc2)nn1-c1ccccc1. The molecule has 0 saturated carbocycles. The third-order valence-electron chi connectivity index (χ3n) is 4.09. The molecule has 134 valence electrons. The topological polar surface area (TPSA) is 60.1 Å². The molecule has 2 aromatic carbocycles. The van der Waals surface area contributed by atoms with Crippen molar-refractivity contribution in [2.45, 2.75) is 6.54 Å². The monoisotopic (exact) mass is 361 g/mol. The first kappa shape index (κ1) is 16.8. The van der Waals surface area contributed by atoms with Crippen molar-refractivity contribution in [3.8, 4) is 16.9 Å². The Morgan fingerprint density at radius 3 is 2.52 bits per heavy atom. The average molecular weight is 361 g/mol. The van der Waals surface area contributed by atoms with E-state index in [0.717, 1.165) is 11.3 Å². The molecule has 0 radical (unpaired) electrons. The number of benzene rings is 2. The lowest BCUT2D eigenvalue weighted by Gasteiger charge is -2.07. The molecule has 0 spiro atoms. The van der Waals surface area contributed by atoms with E-state index in [2.05, 4.69) is 10.4 Å². The Hall–Kier alpha value is -3.67. The van der Waals surface area contributed by atoms with Crippen LogP contribution in [0, 0.1) is 5.82 Å². The van der Waals surface area contributed by atoms with Crippen LogP contribution >= 0.6 is 0 Å². The second-order valence-electron chi connectivity index (χ2n) is 5.93. The summed E-state index contributed by atoms with van der Waals surface area (Å²) in [6.07, 6.45) is 1.56. The van der Waals surface area contributed by atoms with Crippen LogP contribution in [0.25, 0.3) is 16.9 Å². The van der Waals surface area contributed by atoms with Crippen LogP contribution in [0.4, 0.5) is 4.39 Å². The van der Waals surface area contributed by atoms with E-state index >= 15 is 0 Å². The van der Waals surface area contributed by atoms with Gasteiger partial charge in [0.1, 0.15) is 17.3 Å². The Morgan fingerprint density at radius 1 is 1.04 bits per heavy atom. The molecule has 0 bridgehead atoms. The fourth-order valence-electron chi connectivity index (χ4n) is 2.74. The number of aromatic nitrogens is 2. The van der Waals surface area contributed by atoms with E-state index in [1.54, 1.807) is 41.3 Å². The first-order chi connectivity index (χ1) is 13.2. The van der Waals surface area contributed by atoms with Gasteiger partial charge >= 0.3 is 0 Å². The van der Waals surface area contributed by atoms with Gasteiger partial charge in [0.25, 0.3) is 5.91 Å². The fraction of sp³-hybridized carbons (Fsp3) is 0.0476. The van der Waals surface area contributed by atoms with Crippen LogP contribution in [0.5, 0.6) is 0 Å². The van der Waals surface area contributed by atoms with E-state index in [-0.39, 0.29) is 18.3 Å². The molecule has 2 aromatic heterocycles. The fourth-order valence-corrected chi connectivity index (χ4v) is 2.74. The average Bonchev–Trinajstić information content (AvgIpc) is 3.37. The highest BCUT2D eigenvalue weighted by molar-refractivity contribution is 5.94. The van der Waals surface area contributed by atoms with Crippen molar-refractivity contribution in [2.24, 2.45) is 0 Å². The Bertz CT molecular complexity index is 1040. The minimum absolute atomic E-state index is 0.275. The van der Waals surface area contributed by atoms with Gasteiger partial charge in [-0.25, -0.2) is 9.07 Å². The molecular formula is C21H16FN3O2. The molecule has 5 nitrogen and oxygen atoms in total. The molecule has 1 amide bonds. The van der Waals surface area contributed by atoms with Gasteiger partial charge in [-0.2, -0.15) is 5.10 Å². The summed E-state index contributed by atoms with van der Waals surface area (Å²) in [5, 5.41) is 7.39. The number of carbonyl (C=O) groups excluding carboxylic acids is 1. The minimum Gasteiger partial charge on any atom is -0.467 e. The van der Waals surface area contributed by atoms with Crippen molar-refractivity contribution in [2.75, 3.05) is 0 Å². The van der Waals surface area contributed by atoms with E-state index in [1.807, 2.05) is 30.3 Å². The molecule has 4 rings (SSSR count). The molecule has 0 atom stereocenters. The van der Waals surface area contributed by atoms with Crippen molar-refractivity contribution < 1.29 is 13.6 Å². The van der Waals surface area contributed by atoms with Crippen LogP contribution in [-0.2, 0) is 6.54 Å². The number of carbonyl (C=O) groups is 1. The van der Waals surface area contributed by atoms with Crippen molar-refractivity contribution in [3.05, 3.63) is 96.3 Å². The summed E-state index contributed by atoms with van der Waals surface area (Å²) < 4.78 is 20.0. The van der Waals surface area contributed by atoms with Crippen LogP contribution in [-0.4, -0.2) is 15.7 Å². The van der Waals surface area contributed by atoms with Gasteiger partial charge in [0.2, 0.25) is 0 Å². The van der Waals surface area contributed by atoms with Gasteiger partial charge in [0, 0.05) is 5.56 Å². The molecule has 0 aliphatic heterocycles. The highest BCUT2D eigenvalue weighted by Crippen LogP contribution is 2.22. The van der Waals surface area contributed by atoms with Gasteiger partial charge in [-0.05, 0) is 54.6 Å². The molecule has 4 aromatic rings. The molecule has 27 heavy (non-hydrogen) atoms. The van der Waals surface area contributed by atoms with Crippen molar-refractivity contribution in [1.82, 2.24) is 15.1 Å². The van der Waals surface area contributed by atoms with E-state index in [4.69, 9.17) is 4.42 Å². The van der Waals surface area contributed by atoms with Crippen LogP contribution < -0.4 is 5.32 Å². The molecule has 0 aliphatic rings. The van der Waals surface area contributed by atoms with E-state index in [1.165, 1.54) is 12.1 Å². The number of halogens is 1. The maximum atomic E-state index is 13.2. The summed E-state index contributed by atoms with van der Waals surface area (Å²) in [6.45, 7) is 0.275. The summed E-state index contributed by atoms with van der Waals surface area (Å²) in [5.74, 6) is 0.0571. The molecule has 0 saturated heterocycles. The summed E-state index contributed by atoms with van der Waals surface area (Å²) in [4.78, 5) is 12.8. The lowest BCUT2D eigenvalue weighted by atomic mass is 10.1. The maximum Gasteiger partial charge on any atom is 0.270 e. The van der Waals surface area contributed by atoms with Crippen LogP contribution in [0.2, 0.25) is 0 Å². The first-order valence-corrected chi connectivity index (χ1v) is 8.43. The zero-order valence-electron chi connectivity index (χ0n) is 14.3. The molecule has 1 N–H and O–H groups in total. The molecule has 2 heterocycles. The number of nitrogens with zero attached hydrogens (tertiary/aromatic N) is 2. The summed E-state index contributed by atoms with van der Waals surface area (Å²) >= 11 is 0. The lowest BCUT2D eigenvalue weighted by Crippen LogP contribution is -2.25. The molecular weight excluding hydrogens is 345 g/mol. The predicted octanol–water partition coefficient (Wildman–Crippen LogP) is 4.20. The maximum absolute atomic E-state index is 13.2. The Labute approximate surface area is 155 Å². The molecule has 0 fully saturated rings. The van der Waals surface area contributed by atoms with Gasteiger partial charge in [0.05, 0.1) is 24.2 Å². The van der Waals surface area contributed by atoms with Crippen molar-refractivity contribution in [3.63, 3.8) is 0 Å². The number of amides is 1. The Balaban J connectivity index is 1.69. The Morgan fingerprint density at radius 2 is 1.81 bits per heavy atom. The zero-order valence-corrected chi connectivity index (χ0v) is 14.3. The number of para-hydroxylation sites is 1. The highest BCUT2D eigenvalue weighted by Gasteiger charge is 2.17. The van der Waals surface area contributed by atoms with Crippen LogP contribution in [0.3, 0.4) is 0 Å². The normalized spacial score (nSPS) is 10.7. The first-order valence-electron chi connectivity index (χ1n) is 8.43. The molecule has 0 aliphatic carbocycles. The van der Waals surface area contributed by atoms with E-state index in [9.17, 15) is 9.18 Å². The second-order valence-corrected chi connectivity index (χ2v) is 5.93. The largest absolute Gasteiger partial charge is 0.467 e. The van der Waals surface area contributed by atoms with E-state index in [0.29, 0.717) is 17.1 Å². The van der Waals surface area contributed by atoms with Crippen LogP contribution in [0.1, 0.15) is 16.2 Å². The summed E-state index contributed by atoms with van der Waals surface area (Å²) in [7, 11) is 0. The third-order valence-corrected chi connectivity index (χ3v) is 4.09. The predicted molar refractivity (Wildman–Crippen MR) is 98.8 cm³/mol. The second kappa shape index (κ2) is 7.29. The smallest absolute Gasteiger partial charge is 0.270 e. The van der Waals surface area contributed by atoms with Gasteiger partial charge in [0.15, 0.2) is 0 Å². The standard InChI is InChI=1S/C21H16FN3O2/c22-16-10-8-15(9-11-16)19-13-20(21(26)23-14-18-7-4-12-27-18)25(24-19)17-5-2-1-3-6-17/h1-13H,14H2,(H,23,26). The van der Waals surface area contributed by atoms with Gasteiger partial charge < -0.3 is 9.73 Å². The van der Waals surface area contributed by atoms with Gasteiger partial charge in [-0.15, -0.1) is 0 Å². The lowest BCUT2D eigenvalue weighted by molar-refractivity contribution is 0.0940. The minimum atomic E-state index is -0.322. The number of rotatable bonds is 5. The number of furan rings is 1. The quantitative estimate of drug-likeness (QED) is 0.579. The third kappa shape index (κ3) is 3.64. The zero-order chi connectivity index (χ0) is 18.6. The van der Waals surface area contributed by atoms with Crippen LogP contribution in [0.15, 0.2) is 83.5 Å². The molecule has 6 heteroatoms. The molecule has 0 unspecified atom stereocenters. The van der Waals surface area contributed by atoms with Crippen molar-refractivity contribution >= 4 is 5.91 Å². The van der Waals surface area contributed by atoms with Crippen molar-refractivity contribution in [1.29, 1.82) is 0 Å². The van der Waals surface area contributed by atoms with Gasteiger partial charge in [-0.3, -0.25) is 4.79 Å². The van der Waals surface area contributed by atoms with Gasteiger partial charge in [-0.1, -0.05) is 18.2 Å². The summed E-state index contributed by atoms with van der Waals surface area (Å²) in [5.41, 5.74) is 2.45. The number of nitrogens with one attached hydrogen (secondary N) is 1. The van der Waals surface area contributed by atoms with E-state index < -0.39 is 0 Å². The summed E-state index contributed by atoms with van der Waals surface area (Å²) in [6, 6.07) is 20.6. The number of hydrogen-bond donors (Lipinski definition) is 1. The highest BCUT2D eigenvalue weighted by atomic mass is 19.1. The Kier molecular flexibility index (Phi) is 4.53.